The smallest absolute Gasteiger partial charge is 0.164 e. The minimum absolute atomic E-state index is 0.0353. The number of hydrogen-bond donors (Lipinski definition) is 0. The van der Waals surface area contributed by atoms with Gasteiger partial charge in [-0.1, -0.05) is 32.4 Å². The van der Waals surface area contributed by atoms with Gasteiger partial charge in [0, 0.05) is 11.5 Å². The van der Waals surface area contributed by atoms with Crippen LogP contribution in [0.1, 0.15) is 63.9 Å². The first kappa shape index (κ1) is 19.7. The molecular weight excluding hydrogens is 360 g/mol. The van der Waals surface area contributed by atoms with Crippen LogP contribution in [0.5, 0.6) is 5.75 Å². The van der Waals surface area contributed by atoms with Crippen LogP contribution in [0.3, 0.4) is 0 Å². The van der Waals surface area contributed by atoms with E-state index < -0.39 is 0 Å². The van der Waals surface area contributed by atoms with E-state index in [9.17, 15) is 15.3 Å². The molecule has 0 radical (unpaired) electrons. The van der Waals surface area contributed by atoms with Gasteiger partial charge in [0.1, 0.15) is 29.6 Å². The lowest BCUT2D eigenvalue weighted by molar-refractivity contribution is -0.120. The fourth-order valence-electron chi connectivity index (χ4n) is 5.93. The van der Waals surface area contributed by atoms with Gasteiger partial charge in [-0.15, -0.1) is 0 Å². The van der Waals surface area contributed by atoms with Gasteiger partial charge in [-0.3, -0.25) is 4.79 Å². The summed E-state index contributed by atoms with van der Waals surface area (Å²) in [6, 6.07) is 12.4. The van der Waals surface area contributed by atoms with Gasteiger partial charge in [-0.05, 0) is 73.5 Å². The van der Waals surface area contributed by atoms with E-state index in [2.05, 4.69) is 38.1 Å². The lowest BCUT2D eigenvalue weighted by Gasteiger charge is -2.44. The Balaban J connectivity index is 1.57. The van der Waals surface area contributed by atoms with E-state index in [4.69, 9.17) is 4.74 Å². The molecule has 3 saturated carbocycles. The maximum absolute atomic E-state index is 13.0. The zero-order valence-electron chi connectivity index (χ0n) is 17.2. The molecular formula is C25H28N2O2. The van der Waals surface area contributed by atoms with E-state index in [1.165, 1.54) is 5.56 Å². The summed E-state index contributed by atoms with van der Waals surface area (Å²) in [5, 5.41) is 18.7. The number of rotatable bonds is 4. The summed E-state index contributed by atoms with van der Waals surface area (Å²) in [5.41, 5.74) is 1.89. The van der Waals surface area contributed by atoms with E-state index in [0.29, 0.717) is 17.4 Å². The van der Waals surface area contributed by atoms with Crippen LogP contribution in [-0.4, -0.2) is 11.9 Å². The monoisotopic (exact) mass is 388 g/mol. The van der Waals surface area contributed by atoms with Crippen molar-refractivity contribution >= 4 is 5.78 Å². The molecule has 0 bridgehead atoms. The summed E-state index contributed by atoms with van der Waals surface area (Å²) in [6.07, 6.45) is 5.86. The van der Waals surface area contributed by atoms with E-state index in [0.717, 1.165) is 44.3 Å². The van der Waals surface area contributed by atoms with Gasteiger partial charge in [-0.2, -0.15) is 10.5 Å². The third kappa shape index (κ3) is 3.36. The minimum atomic E-state index is -0.0374. The summed E-state index contributed by atoms with van der Waals surface area (Å²) in [7, 11) is 0. The van der Waals surface area contributed by atoms with Crippen molar-refractivity contribution in [2.45, 2.75) is 64.4 Å². The number of ether oxygens (including phenoxy) is 1. The molecule has 0 amide bonds. The molecule has 0 spiro atoms. The molecule has 6 unspecified atom stereocenters. The first-order valence-corrected chi connectivity index (χ1v) is 10.9. The van der Waals surface area contributed by atoms with Gasteiger partial charge in [-0.25, -0.2) is 0 Å². The van der Waals surface area contributed by atoms with Crippen LogP contribution in [0.25, 0.3) is 0 Å². The molecule has 0 N–H and O–H groups in total. The van der Waals surface area contributed by atoms with Crippen molar-refractivity contribution in [2.24, 2.45) is 23.7 Å². The fraction of sp³-hybridized carbons (Fsp3) is 0.560. The summed E-state index contributed by atoms with van der Waals surface area (Å²) < 4.78 is 6.44. The molecule has 1 aromatic rings. The Hall–Kier alpha value is -2.59. The Bertz CT molecular complexity index is 886. The van der Waals surface area contributed by atoms with E-state index in [-0.39, 0.29) is 35.2 Å². The molecule has 3 aliphatic carbocycles. The summed E-state index contributed by atoms with van der Waals surface area (Å²) in [5.74, 6) is 2.06. The standard InChI is InChI=1S/C25H28N2O2/c1-3-15(2)16-7-9-18(10-8-16)29-22-12-11-20-23(17(13-26)14-27)25(28)21-6-4-5-19(22)24(20)21/h7-10,15,19-22,24H,3-6,11-12H2,1-2H3. The van der Waals surface area contributed by atoms with Crippen molar-refractivity contribution in [3.8, 4) is 17.9 Å². The van der Waals surface area contributed by atoms with E-state index in [1.807, 2.05) is 12.1 Å². The van der Waals surface area contributed by atoms with Crippen LogP contribution in [0.15, 0.2) is 35.4 Å². The quantitative estimate of drug-likeness (QED) is 0.517. The summed E-state index contributed by atoms with van der Waals surface area (Å²) in [4.78, 5) is 13.0. The van der Waals surface area contributed by atoms with Crippen molar-refractivity contribution in [3.63, 3.8) is 0 Å². The zero-order chi connectivity index (χ0) is 20.5. The van der Waals surface area contributed by atoms with Crippen molar-refractivity contribution in [3.05, 3.63) is 41.0 Å². The lowest BCUT2D eigenvalue weighted by Crippen LogP contribution is -2.44. The maximum atomic E-state index is 13.0. The second kappa shape index (κ2) is 8.03. The third-order valence-electron chi connectivity index (χ3n) is 7.53. The Kier molecular flexibility index (Phi) is 5.46. The molecule has 1 aromatic carbocycles. The number of carbonyl (C=O) groups excluding carboxylic acids is 1. The average Bonchev–Trinajstić information content (AvgIpc) is 3.04. The molecule has 0 heterocycles. The van der Waals surface area contributed by atoms with E-state index >= 15 is 0 Å². The van der Waals surface area contributed by atoms with Gasteiger partial charge in [0.15, 0.2) is 5.78 Å². The number of Topliss-reactive ketones (excluding diaryl/α,β-unsaturated/α-hetero) is 1. The van der Waals surface area contributed by atoms with Crippen molar-refractivity contribution in [1.29, 1.82) is 10.5 Å². The third-order valence-corrected chi connectivity index (χ3v) is 7.53. The van der Waals surface area contributed by atoms with Crippen molar-refractivity contribution in [2.75, 3.05) is 0 Å². The van der Waals surface area contributed by atoms with Gasteiger partial charge in [0.2, 0.25) is 0 Å². The first-order valence-electron chi connectivity index (χ1n) is 10.9. The second-order valence-corrected chi connectivity index (χ2v) is 8.87. The van der Waals surface area contributed by atoms with Crippen LogP contribution >= 0.6 is 0 Å². The van der Waals surface area contributed by atoms with Crippen molar-refractivity contribution < 1.29 is 9.53 Å². The molecule has 3 fully saturated rings. The van der Waals surface area contributed by atoms with Crippen LogP contribution in [-0.2, 0) is 4.79 Å². The van der Waals surface area contributed by atoms with Crippen molar-refractivity contribution in [1.82, 2.24) is 0 Å². The molecule has 4 rings (SSSR count). The molecule has 3 aliphatic rings. The molecule has 0 saturated heterocycles. The Morgan fingerprint density at radius 1 is 1.10 bits per heavy atom. The largest absolute Gasteiger partial charge is 0.490 e. The Labute approximate surface area is 173 Å². The molecule has 0 aromatic heterocycles. The SMILES string of the molecule is CCC(C)c1ccc(OC2CCC3C(=C(C#N)C#N)C(=O)C4CCCC2C43)cc1. The first-order chi connectivity index (χ1) is 14.1. The van der Waals surface area contributed by atoms with Crippen LogP contribution < -0.4 is 4.74 Å². The predicted molar refractivity (Wildman–Crippen MR) is 110 cm³/mol. The van der Waals surface area contributed by atoms with Gasteiger partial charge in [0.05, 0.1) is 0 Å². The second-order valence-electron chi connectivity index (χ2n) is 8.87. The van der Waals surface area contributed by atoms with E-state index in [1.54, 1.807) is 0 Å². The molecule has 150 valence electrons. The highest BCUT2D eigenvalue weighted by Crippen LogP contribution is 2.56. The molecule has 29 heavy (non-hydrogen) atoms. The highest BCUT2D eigenvalue weighted by atomic mass is 16.5. The van der Waals surface area contributed by atoms with Crippen LogP contribution in [0.4, 0.5) is 0 Å². The molecule has 0 aliphatic heterocycles. The fourth-order valence-corrected chi connectivity index (χ4v) is 5.93. The number of nitrogens with zero attached hydrogens (tertiary/aromatic N) is 2. The average molecular weight is 389 g/mol. The minimum Gasteiger partial charge on any atom is -0.490 e. The normalized spacial score (nSPS) is 31.4. The number of carbonyl (C=O) groups is 1. The Morgan fingerprint density at radius 3 is 2.48 bits per heavy atom. The number of ketones is 1. The number of nitriles is 2. The topological polar surface area (TPSA) is 73.9 Å². The lowest BCUT2D eigenvalue weighted by atomic mass is 9.63. The van der Waals surface area contributed by atoms with Gasteiger partial charge in [0.25, 0.3) is 0 Å². The summed E-state index contributed by atoms with van der Waals surface area (Å²) >= 11 is 0. The number of hydrogen-bond acceptors (Lipinski definition) is 4. The summed E-state index contributed by atoms with van der Waals surface area (Å²) in [6.45, 7) is 4.43. The Morgan fingerprint density at radius 2 is 1.83 bits per heavy atom. The predicted octanol–water partition coefficient (Wildman–Crippen LogP) is 5.32. The van der Waals surface area contributed by atoms with Crippen LogP contribution in [0, 0.1) is 46.3 Å². The van der Waals surface area contributed by atoms with Gasteiger partial charge >= 0.3 is 0 Å². The maximum Gasteiger partial charge on any atom is 0.164 e. The highest BCUT2D eigenvalue weighted by molar-refractivity contribution is 6.02. The number of allylic oxidation sites excluding steroid dienone is 2. The van der Waals surface area contributed by atoms with Crippen LogP contribution in [0.2, 0.25) is 0 Å². The molecule has 6 atom stereocenters. The number of benzene rings is 1. The zero-order valence-corrected chi connectivity index (χ0v) is 17.2. The van der Waals surface area contributed by atoms with Gasteiger partial charge < -0.3 is 4.74 Å². The molecule has 4 heteroatoms. The highest BCUT2D eigenvalue weighted by Gasteiger charge is 2.56. The molecule has 4 nitrogen and oxygen atoms in total.